The molecule has 1 aromatic heterocycles. The van der Waals surface area contributed by atoms with Crippen LogP contribution in [0.5, 0.6) is 0 Å². The molecule has 5 nitrogen and oxygen atoms in total. The van der Waals surface area contributed by atoms with Gasteiger partial charge in [-0.15, -0.1) is 11.3 Å². The summed E-state index contributed by atoms with van der Waals surface area (Å²) in [5.41, 5.74) is 0.815. The summed E-state index contributed by atoms with van der Waals surface area (Å²) < 4.78 is 14.7. The second-order valence-corrected chi connectivity index (χ2v) is 6.93. The lowest BCUT2D eigenvalue weighted by Gasteiger charge is -2.23. The lowest BCUT2D eigenvalue weighted by atomic mass is 10.2. The first-order valence-electron chi connectivity index (χ1n) is 8.11. The Kier molecular flexibility index (Phi) is 5.27. The van der Waals surface area contributed by atoms with Crippen molar-refractivity contribution in [3.05, 3.63) is 64.9 Å². The van der Waals surface area contributed by atoms with Gasteiger partial charge in [0.15, 0.2) is 0 Å². The van der Waals surface area contributed by atoms with Crippen LogP contribution in [0.15, 0.2) is 48.5 Å². The number of amides is 2. The molecule has 0 spiro atoms. The van der Waals surface area contributed by atoms with Gasteiger partial charge in [-0.25, -0.2) is 9.37 Å². The van der Waals surface area contributed by atoms with E-state index in [1.54, 1.807) is 13.1 Å². The van der Waals surface area contributed by atoms with Crippen molar-refractivity contribution in [3.8, 4) is 0 Å². The summed E-state index contributed by atoms with van der Waals surface area (Å²) >= 11 is 1.53. The van der Waals surface area contributed by atoms with Crippen LogP contribution >= 0.6 is 11.3 Å². The number of nitrogens with one attached hydrogen (secondary N) is 1. The predicted octanol–water partition coefficient (Wildman–Crippen LogP) is 3.38. The molecule has 0 aliphatic carbocycles. The third-order valence-corrected chi connectivity index (χ3v) is 5.37. The van der Waals surface area contributed by atoms with E-state index in [-0.39, 0.29) is 24.1 Å². The van der Waals surface area contributed by atoms with Crippen LogP contribution in [-0.4, -0.2) is 35.3 Å². The van der Waals surface area contributed by atoms with E-state index in [4.69, 9.17) is 0 Å². The van der Waals surface area contributed by atoms with E-state index in [9.17, 15) is 14.0 Å². The first kappa shape index (κ1) is 18.0. The van der Waals surface area contributed by atoms with Crippen molar-refractivity contribution < 1.29 is 14.0 Å². The number of carbonyl (C=O) groups excluding carboxylic acids is 2. The van der Waals surface area contributed by atoms with Crippen LogP contribution in [-0.2, 0) is 4.79 Å². The minimum atomic E-state index is -0.617. The number of rotatable bonds is 5. The molecule has 2 amide bonds. The van der Waals surface area contributed by atoms with E-state index < -0.39 is 11.7 Å². The molecular formula is C19H18FN3O2S. The monoisotopic (exact) mass is 371 g/mol. The summed E-state index contributed by atoms with van der Waals surface area (Å²) in [5.74, 6) is -1.51. The fourth-order valence-electron chi connectivity index (χ4n) is 2.47. The Morgan fingerprint density at radius 3 is 2.62 bits per heavy atom. The van der Waals surface area contributed by atoms with Crippen molar-refractivity contribution in [2.45, 2.75) is 13.0 Å². The fraction of sp³-hybridized carbons (Fsp3) is 0.211. The third kappa shape index (κ3) is 3.72. The van der Waals surface area contributed by atoms with Gasteiger partial charge >= 0.3 is 0 Å². The average Bonchev–Trinajstić information content (AvgIpc) is 3.09. The van der Waals surface area contributed by atoms with Crippen LogP contribution in [0.3, 0.4) is 0 Å². The van der Waals surface area contributed by atoms with Crippen LogP contribution in [0.25, 0.3) is 10.2 Å². The van der Waals surface area contributed by atoms with Crippen LogP contribution in [0.4, 0.5) is 4.39 Å². The Bertz CT molecular complexity index is 924. The van der Waals surface area contributed by atoms with Gasteiger partial charge in [-0.05, 0) is 31.2 Å². The second-order valence-electron chi connectivity index (χ2n) is 5.86. The van der Waals surface area contributed by atoms with Gasteiger partial charge in [0.05, 0.1) is 28.4 Å². The highest BCUT2D eigenvalue weighted by Gasteiger charge is 2.21. The molecule has 3 aromatic rings. The molecule has 0 unspecified atom stereocenters. The van der Waals surface area contributed by atoms with Crippen LogP contribution in [0.2, 0.25) is 0 Å². The number of aromatic nitrogens is 1. The molecule has 0 saturated carbocycles. The van der Waals surface area contributed by atoms with Crippen molar-refractivity contribution >= 4 is 33.4 Å². The topological polar surface area (TPSA) is 62.3 Å². The van der Waals surface area contributed by atoms with Crippen LogP contribution in [0, 0.1) is 5.82 Å². The van der Waals surface area contributed by atoms with E-state index in [2.05, 4.69) is 10.3 Å². The fourth-order valence-corrected chi connectivity index (χ4v) is 3.53. The molecule has 0 bridgehead atoms. The first-order chi connectivity index (χ1) is 12.5. The molecule has 1 heterocycles. The van der Waals surface area contributed by atoms with Crippen LogP contribution < -0.4 is 5.32 Å². The van der Waals surface area contributed by atoms with E-state index in [1.165, 1.54) is 34.4 Å². The molecule has 0 aliphatic heterocycles. The van der Waals surface area contributed by atoms with E-state index >= 15 is 0 Å². The normalized spacial score (nSPS) is 12.0. The largest absolute Gasteiger partial charge is 0.343 e. The molecular weight excluding hydrogens is 353 g/mol. The van der Waals surface area contributed by atoms with Gasteiger partial charge in [0.25, 0.3) is 5.91 Å². The summed E-state index contributed by atoms with van der Waals surface area (Å²) in [6, 6.07) is 13.2. The SMILES string of the molecule is C[C@H](c1nc2ccccc2s1)N(C)C(=O)CNC(=O)c1ccccc1F. The number of hydrogen-bond acceptors (Lipinski definition) is 4. The highest BCUT2D eigenvalue weighted by Crippen LogP contribution is 2.28. The second kappa shape index (κ2) is 7.61. The molecule has 7 heteroatoms. The van der Waals surface area contributed by atoms with Crippen molar-refractivity contribution in [1.82, 2.24) is 15.2 Å². The number of fused-ring (bicyclic) bond motifs is 1. The van der Waals surface area contributed by atoms with Crippen molar-refractivity contribution in [2.24, 2.45) is 0 Å². The zero-order valence-corrected chi connectivity index (χ0v) is 15.2. The quantitative estimate of drug-likeness (QED) is 0.748. The molecule has 0 fully saturated rings. The maximum absolute atomic E-state index is 13.6. The Labute approximate surface area is 154 Å². The molecule has 0 saturated heterocycles. The predicted molar refractivity (Wildman–Crippen MR) is 99.5 cm³/mol. The van der Waals surface area contributed by atoms with Gasteiger partial charge in [0.1, 0.15) is 10.8 Å². The highest BCUT2D eigenvalue weighted by molar-refractivity contribution is 7.18. The van der Waals surface area contributed by atoms with Gasteiger partial charge in [-0.1, -0.05) is 24.3 Å². The van der Waals surface area contributed by atoms with Gasteiger partial charge < -0.3 is 10.2 Å². The number of nitrogens with zero attached hydrogens (tertiary/aromatic N) is 2. The zero-order valence-electron chi connectivity index (χ0n) is 14.4. The maximum Gasteiger partial charge on any atom is 0.254 e. The Hall–Kier alpha value is -2.80. The van der Waals surface area contributed by atoms with Crippen molar-refractivity contribution in [1.29, 1.82) is 0 Å². The Morgan fingerprint density at radius 1 is 1.19 bits per heavy atom. The summed E-state index contributed by atoms with van der Waals surface area (Å²) in [5, 5.41) is 3.29. The van der Waals surface area contributed by atoms with E-state index in [0.29, 0.717) is 0 Å². The summed E-state index contributed by atoms with van der Waals surface area (Å²) in [7, 11) is 1.66. The van der Waals surface area contributed by atoms with Crippen LogP contribution in [0.1, 0.15) is 28.3 Å². The number of carbonyl (C=O) groups is 2. The number of hydrogen-bond donors (Lipinski definition) is 1. The van der Waals surface area contributed by atoms with Gasteiger partial charge in [0.2, 0.25) is 5.91 Å². The molecule has 0 radical (unpaired) electrons. The average molecular weight is 371 g/mol. The number of likely N-dealkylation sites (N-methyl/N-ethyl adjacent to an activating group) is 1. The number of benzene rings is 2. The van der Waals surface area contributed by atoms with E-state index in [0.717, 1.165) is 15.2 Å². The maximum atomic E-state index is 13.6. The number of thiazole rings is 1. The minimum Gasteiger partial charge on any atom is -0.343 e. The lowest BCUT2D eigenvalue weighted by Crippen LogP contribution is -2.39. The molecule has 134 valence electrons. The molecule has 1 atom stereocenters. The number of halogens is 1. The molecule has 2 aromatic carbocycles. The smallest absolute Gasteiger partial charge is 0.254 e. The molecule has 1 N–H and O–H groups in total. The summed E-state index contributed by atoms with van der Waals surface area (Å²) in [6.07, 6.45) is 0. The van der Waals surface area contributed by atoms with Gasteiger partial charge in [-0.2, -0.15) is 0 Å². The lowest BCUT2D eigenvalue weighted by molar-refractivity contribution is -0.130. The molecule has 0 aliphatic rings. The number of para-hydroxylation sites is 1. The highest BCUT2D eigenvalue weighted by atomic mass is 32.1. The summed E-state index contributed by atoms with van der Waals surface area (Å²) in [4.78, 5) is 30.5. The molecule has 3 rings (SSSR count). The van der Waals surface area contributed by atoms with Gasteiger partial charge in [-0.3, -0.25) is 9.59 Å². The minimum absolute atomic E-state index is 0.0813. The van der Waals surface area contributed by atoms with E-state index in [1.807, 2.05) is 31.2 Å². The molecule has 26 heavy (non-hydrogen) atoms. The third-order valence-electron chi connectivity index (χ3n) is 4.16. The first-order valence-corrected chi connectivity index (χ1v) is 8.93. The Balaban J connectivity index is 1.63. The zero-order chi connectivity index (χ0) is 18.7. The Morgan fingerprint density at radius 2 is 1.88 bits per heavy atom. The van der Waals surface area contributed by atoms with Crippen molar-refractivity contribution in [2.75, 3.05) is 13.6 Å². The standard InChI is InChI=1S/C19H18FN3O2S/c1-12(19-22-15-9-5-6-10-16(15)26-19)23(2)17(24)11-21-18(25)13-7-3-4-8-14(13)20/h3-10,12H,11H2,1-2H3,(H,21,25)/t12-/m1/s1. The van der Waals surface area contributed by atoms with Gasteiger partial charge in [0, 0.05) is 7.05 Å². The summed E-state index contributed by atoms with van der Waals surface area (Å²) in [6.45, 7) is 1.67. The van der Waals surface area contributed by atoms with Crippen molar-refractivity contribution in [3.63, 3.8) is 0 Å².